The van der Waals surface area contributed by atoms with Crippen LogP contribution in [0.3, 0.4) is 0 Å². The molecule has 2 rings (SSSR count). The van der Waals surface area contributed by atoms with Crippen LogP contribution >= 0.6 is 11.6 Å². The standard InChI is InChI=1S/C13H15ClN2O/c1-8-4-5-10(11(14)6-8)12-7-16-13(17-12)9(2)15-3/h4-7,9,15H,1-3H3. The number of benzene rings is 1. The van der Waals surface area contributed by atoms with Gasteiger partial charge in [0.1, 0.15) is 0 Å². The maximum absolute atomic E-state index is 6.18. The number of nitrogens with zero attached hydrogens (tertiary/aromatic N) is 1. The molecule has 0 radical (unpaired) electrons. The van der Waals surface area contributed by atoms with Gasteiger partial charge in [-0.3, -0.25) is 0 Å². The van der Waals surface area contributed by atoms with Gasteiger partial charge in [0.25, 0.3) is 0 Å². The van der Waals surface area contributed by atoms with Crippen molar-refractivity contribution in [3.05, 3.63) is 40.9 Å². The Bertz CT molecular complexity index is 522. The highest BCUT2D eigenvalue weighted by atomic mass is 35.5. The highest BCUT2D eigenvalue weighted by molar-refractivity contribution is 6.33. The van der Waals surface area contributed by atoms with E-state index in [9.17, 15) is 0 Å². The van der Waals surface area contributed by atoms with Gasteiger partial charge in [-0.05, 0) is 38.6 Å². The molecule has 3 nitrogen and oxygen atoms in total. The molecule has 0 spiro atoms. The fourth-order valence-electron chi connectivity index (χ4n) is 1.56. The number of halogens is 1. The van der Waals surface area contributed by atoms with Crippen LogP contribution < -0.4 is 5.32 Å². The quantitative estimate of drug-likeness (QED) is 0.905. The zero-order chi connectivity index (χ0) is 12.4. The monoisotopic (exact) mass is 250 g/mol. The van der Waals surface area contributed by atoms with Gasteiger partial charge in [0.2, 0.25) is 5.89 Å². The summed E-state index contributed by atoms with van der Waals surface area (Å²) in [6.45, 7) is 4.00. The number of hydrogen-bond acceptors (Lipinski definition) is 3. The first-order valence-corrected chi connectivity index (χ1v) is 5.89. The Labute approximate surface area is 106 Å². The molecule has 4 heteroatoms. The third kappa shape index (κ3) is 2.51. The maximum Gasteiger partial charge on any atom is 0.211 e. The Morgan fingerprint density at radius 3 is 2.82 bits per heavy atom. The molecule has 0 aliphatic heterocycles. The molecule has 1 N–H and O–H groups in total. The van der Waals surface area contributed by atoms with Crippen LogP contribution in [0.15, 0.2) is 28.8 Å². The predicted molar refractivity (Wildman–Crippen MR) is 69.2 cm³/mol. The molecular formula is C13H15ClN2O. The van der Waals surface area contributed by atoms with Crippen molar-refractivity contribution in [2.75, 3.05) is 7.05 Å². The van der Waals surface area contributed by atoms with Crippen LogP contribution in [0, 0.1) is 6.92 Å². The van der Waals surface area contributed by atoms with Crippen molar-refractivity contribution in [1.82, 2.24) is 10.3 Å². The fraction of sp³-hybridized carbons (Fsp3) is 0.308. The average molecular weight is 251 g/mol. The van der Waals surface area contributed by atoms with Crippen molar-refractivity contribution in [2.45, 2.75) is 19.9 Å². The number of nitrogens with one attached hydrogen (secondary N) is 1. The second-order valence-corrected chi connectivity index (χ2v) is 4.46. The zero-order valence-electron chi connectivity index (χ0n) is 10.1. The summed E-state index contributed by atoms with van der Waals surface area (Å²) in [6.07, 6.45) is 1.71. The van der Waals surface area contributed by atoms with Gasteiger partial charge in [0.15, 0.2) is 5.76 Å². The lowest BCUT2D eigenvalue weighted by Gasteiger charge is -2.04. The van der Waals surface area contributed by atoms with E-state index in [1.54, 1.807) is 6.20 Å². The van der Waals surface area contributed by atoms with Crippen molar-refractivity contribution >= 4 is 11.6 Å². The molecule has 0 aliphatic carbocycles. The summed E-state index contributed by atoms with van der Waals surface area (Å²) in [7, 11) is 1.87. The molecular weight excluding hydrogens is 236 g/mol. The highest BCUT2D eigenvalue weighted by Crippen LogP contribution is 2.30. The Morgan fingerprint density at radius 2 is 2.18 bits per heavy atom. The molecule has 1 heterocycles. The van der Waals surface area contributed by atoms with Gasteiger partial charge < -0.3 is 9.73 Å². The first-order chi connectivity index (χ1) is 8.11. The largest absolute Gasteiger partial charge is 0.439 e. The number of aromatic nitrogens is 1. The second-order valence-electron chi connectivity index (χ2n) is 4.06. The van der Waals surface area contributed by atoms with Gasteiger partial charge >= 0.3 is 0 Å². The van der Waals surface area contributed by atoms with E-state index in [0.717, 1.165) is 11.1 Å². The van der Waals surface area contributed by atoms with Crippen molar-refractivity contribution in [1.29, 1.82) is 0 Å². The molecule has 1 unspecified atom stereocenters. The van der Waals surface area contributed by atoms with Crippen LogP contribution in [-0.4, -0.2) is 12.0 Å². The van der Waals surface area contributed by atoms with E-state index >= 15 is 0 Å². The molecule has 0 aliphatic rings. The molecule has 0 saturated carbocycles. The highest BCUT2D eigenvalue weighted by Gasteiger charge is 2.13. The summed E-state index contributed by atoms with van der Waals surface area (Å²) in [5, 5.41) is 3.77. The fourth-order valence-corrected chi connectivity index (χ4v) is 1.88. The molecule has 0 amide bonds. The number of oxazole rings is 1. The van der Waals surface area contributed by atoms with Crippen LogP contribution in [-0.2, 0) is 0 Å². The third-order valence-electron chi connectivity index (χ3n) is 2.72. The van der Waals surface area contributed by atoms with Crippen LogP contribution in [0.25, 0.3) is 11.3 Å². The lowest BCUT2D eigenvalue weighted by molar-refractivity contribution is 0.441. The molecule has 0 bridgehead atoms. The molecule has 0 fully saturated rings. The van der Waals surface area contributed by atoms with E-state index in [-0.39, 0.29) is 6.04 Å². The summed E-state index contributed by atoms with van der Waals surface area (Å²) in [6, 6.07) is 5.96. The van der Waals surface area contributed by atoms with Crippen molar-refractivity contribution in [3.8, 4) is 11.3 Å². The smallest absolute Gasteiger partial charge is 0.211 e. The first kappa shape index (κ1) is 12.1. The van der Waals surface area contributed by atoms with Crippen LogP contribution in [0.5, 0.6) is 0 Å². The minimum Gasteiger partial charge on any atom is -0.439 e. The van der Waals surface area contributed by atoms with E-state index in [1.165, 1.54) is 0 Å². The SMILES string of the molecule is CNC(C)c1ncc(-c2ccc(C)cc2Cl)o1. The van der Waals surface area contributed by atoms with E-state index < -0.39 is 0 Å². The lowest BCUT2D eigenvalue weighted by Crippen LogP contribution is -2.12. The first-order valence-electron chi connectivity index (χ1n) is 5.51. The van der Waals surface area contributed by atoms with Crippen molar-refractivity contribution in [2.24, 2.45) is 0 Å². The molecule has 1 aromatic carbocycles. The van der Waals surface area contributed by atoms with E-state index in [0.29, 0.717) is 16.7 Å². The summed E-state index contributed by atoms with van der Waals surface area (Å²) < 4.78 is 5.69. The van der Waals surface area contributed by atoms with Crippen molar-refractivity contribution in [3.63, 3.8) is 0 Å². The molecule has 17 heavy (non-hydrogen) atoms. The van der Waals surface area contributed by atoms with Crippen LogP contribution in [0.2, 0.25) is 5.02 Å². The molecule has 2 aromatic rings. The van der Waals surface area contributed by atoms with Gasteiger partial charge in [0, 0.05) is 5.56 Å². The Balaban J connectivity index is 2.37. The lowest BCUT2D eigenvalue weighted by atomic mass is 10.1. The number of aryl methyl sites for hydroxylation is 1. The zero-order valence-corrected chi connectivity index (χ0v) is 10.9. The second kappa shape index (κ2) is 4.90. The van der Waals surface area contributed by atoms with Gasteiger partial charge in [-0.2, -0.15) is 0 Å². The molecule has 90 valence electrons. The van der Waals surface area contributed by atoms with Crippen LogP contribution in [0.1, 0.15) is 24.4 Å². The molecule has 0 saturated heterocycles. The van der Waals surface area contributed by atoms with Crippen molar-refractivity contribution < 1.29 is 4.42 Å². The maximum atomic E-state index is 6.18. The number of rotatable bonds is 3. The Morgan fingerprint density at radius 1 is 1.41 bits per heavy atom. The predicted octanol–water partition coefficient (Wildman–Crippen LogP) is 3.58. The van der Waals surface area contributed by atoms with Gasteiger partial charge in [-0.15, -0.1) is 0 Å². The summed E-state index contributed by atoms with van der Waals surface area (Å²) in [4.78, 5) is 4.24. The van der Waals surface area contributed by atoms with E-state index in [4.69, 9.17) is 16.0 Å². The van der Waals surface area contributed by atoms with E-state index in [2.05, 4.69) is 10.3 Å². The Kier molecular flexibility index (Phi) is 3.50. The third-order valence-corrected chi connectivity index (χ3v) is 3.03. The Hall–Kier alpha value is -1.32. The summed E-state index contributed by atoms with van der Waals surface area (Å²) >= 11 is 6.18. The van der Waals surface area contributed by atoms with Gasteiger partial charge in [0.05, 0.1) is 17.3 Å². The number of hydrogen-bond donors (Lipinski definition) is 1. The molecule has 1 atom stereocenters. The topological polar surface area (TPSA) is 38.1 Å². The molecule has 1 aromatic heterocycles. The summed E-state index contributed by atoms with van der Waals surface area (Å²) in [5.74, 6) is 1.37. The summed E-state index contributed by atoms with van der Waals surface area (Å²) in [5.41, 5.74) is 2.00. The minimum atomic E-state index is 0.0907. The van der Waals surface area contributed by atoms with Crippen LogP contribution in [0.4, 0.5) is 0 Å². The normalized spacial score (nSPS) is 12.7. The minimum absolute atomic E-state index is 0.0907. The van der Waals surface area contributed by atoms with Gasteiger partial charge in [-0.1, -0.05) is 17.7 Å². The van der Waals surface area contributed by atoms with E-state index in [1.807, 2.05) is 39.1 Å². The average Bonchev–Trinajstić information content (AvgIpc) is 2.77. The van der Waals surface area contributed by atoms with Gasteiger partial charge in [-0.25, -0.2) is 4.98 Å².